The summed E-state index contributed by atoms with van der Waals surface area (Å²) in [7, 11) is 0. The molecule has 0 saturated heterocycles. The van der Waals surface area contributed by atoms with Crippen LogP contribution in [0.4, 0.5) is 10.8 Å². The number of thiazole rings is 1. The van der Waals surface area contributed by atoms with Crippen molar-refractivity contribution < 1.29 is 0 Å². The van der Waals surface area contributed by atoms with Crippen LogP contribution in [0, 0.1) is 6.92 Å². The molecule has 4 rings (SSSR count). The number of alkyl halides is 1. The number of aromatic nitrogens is 3. The number of halogens is 2. The predicted octanol–water partition coefficient (Wildman–Crippen LogP) is 6.55. The number of hydrogen-bond acceptors (Lipinski definition) is 4. The van der Waals surface area contributed by atoms with E-state index < -0.39 is 0 Å². The minimum atomic E-state index is 0.498. The van der Waals surface area contributed by atoms with Crippen LogP contribution >= 0.6 is 38.9 Å². The third kappa shape index (κ3) is 4.08. The van der Waals surface area contributed by atoms with Crippen LogP contribution in [-0.2, 0) is 5.88 Å². The van der Waals surface area contributed by atoms with E-state index in [-0.39, 0.29) is 0 Å². The number of nitrogens with zero attached hydrogens (tertiary/aromatic N) is 3. The first-order chi connectivity index (χ1) is 13.1. The highest BCUT2D eigenvalue weighted by Crippen LogP contribution is 2.29. The Balaban J connectivity index is 1.54. The van der Waals surface area contributed by atoms with Gasteiger partial charge >= 0.3 is 0 Å². The van der Waals surface area contributed by atoms with E-state index >= 15 is 0 Å². The zero-order valence-electron chi connectivity index (χ0n) is 14.5. The van der Waals surface area contributed by atoms with Crippen LogP contribution in [0.3, 0.4) is 0 Å². The first kappa shape index (κ1) is 18.2. The number of imidazole rings is 1. The van der Waals surface area contributed by atoms with Gasteiger partial charge in [-0.3, -0.25) is 0 Å². The molecule has 2 aromatic carbocycles. The molecule has 0 aliphatic carbocycles. The summed E-state index contributed by atoms with van der Waals surface area (Å²) in [6.07, 6.45) is 3.71. The standard InChI is InChI=1S/C20H16BrClN4S/c1-13-2-3-14(9-22)8-17(13)24-20-25-18(11-27-20)15-4-6-16(7-5-15)26-10-19(21)23-12-26/h2-8,10-12H,9H2,1H3,(H,24,25). The maximum Gasteiger partial charge on any atom is 0.187 e. The van der Waals surface area contributed by atoms with Gasteiger partial charge in [-0.2, -0.15) is 0 Å². The summed E-state index contributed by atoms with van der Waals surface area (Å²) in [5.41, 5.74) is 6.37. The van der Waals surface area contributed by atoms with Gasteiger partial charge in [-0.25, -0.2) is 9.97 Å². The number of aryl methyl sites for hydroxylation is 1. The molecule has 2 heterocycles. The van der Waals surface area contributed by atoms with Gasteiger partial charge in [-0.05, 0) is 52.2 Å². The van der Waals surface area contributed by atoms with Crippen molar-refractivity contribution in [2.45, 2.75) is 12.8 Å². The summed E-state index contributed by atoms with van der Waals surface area (Å²) in [6, 6.07) is 14.4. The average Bonchev–Trinajstić information content (AvgIpc) is 3.33. The highest BCUT2D eigenvalue weighted by molar-refractivity contribution is 9.10. The second-order valence-electron chi connectivity index (χ2n) is 6.10. The molecule has 0 radical (unpaired) electrons. The summed E-state index contributed by atoms with van der Waals surface area (Å²) in [5, 5.41) is 6.33. The molecule has 4 nitrogen and oxygen atoms in total. The number of anilines is 2. The molecule has 0 fully saturated rings. The molecule has 2 aromatic heterocycles. The topological polar surface area (TPSA) is 42.7 Å². The molecule has 0 atom stereocenters. The lowest BCUT2D eigenvalue weighted by atomic mass is 10.1. The largest absolute Gasteiger partial charge is 0.331 e. The van der Waals surface area contributed by atoms with Crippen molar-refractivity contribution in [1.82, 2.24) is 14.5 Å². The molecule has 1 N–H and O–H groups in total. The van der Waals surface area contributed by atoms with E-state index in [4.69, 9.17) is 16.6 Å². The van der Waals surface area contributed by atoms with Crippen molar-refractivity contribution in [2.24, 2.45) is 0 Å². The van der Waals surface area contributed by atoms with Crippen molar-refractivity contribution in [3.8, 4) is 16.9 Å². The van der Waals surface area contributed by atoms with E-state index in [0.29, 0.717) is 5.88 Å². The monoisotopic (exact) mass is 458 g/mol. The fourth-order valence-electron chi connectivity index (χ4n) is 2.71. The third-order valence-corrected chi connectivity index (χ3v) is 5.69. The SMILES string of the molecule is Cc1ccc(CCl)cc1Nc1nc(-c2ccc(-n3cnc(Br)c3)cc2)cs1. The van der Waals surface area contributed by atoms with E-state index in [2.05, 4.69) is 74.9 Å². The smallest absolute Gasteiger partial charge is 0.187 e. The highest BCUT2D eigenvalue weighted by atomic mass is 79.9. The minimum absolute atomic E-state index is 0.498. The van der Waals surface area contributed by atoms with Crippen LogP contribution < -0.4 is 5.32 Å². The van der Waals surface area contributed by atoms with Gasteiger partial charge in [0.15, 0.2) is 5.13 Å². The van der Waals surface area contributed by atoms with Crippen molar-refractivity contribution in [3.05, 3.63) is 76.1 Å². The summed E-state index contributed by atoms with van der Waals surface area (Å²) < 4.78 is 2.78. The summed E-state index contributed by atoms with van der Waals surface area (Å²) >= 11 is 10.9. The molecule has 7 heteroatoms. The van der Waals surface area contributed by atoms with Crippen LogP contribution in [0.1, 0.15) is 11.1 Å². The molecule has 27 heavy (non-hydrogen) atoms. The van der Waals surface area contributed by atoms with E-state index in [0.717, 1.165) is 43.5 Å². The normalized spacial score (nSPS) is 10.9. The lowest BCUT2D eigenvalue weighted by Crippen LogP contribution is -1.94. The number of benzene rings is 2. The third-order valence-electron chi connectivity index (χ3n) is 4.21. The Morgan fingerprint density at radius 3 is 2.70 bits per heavy atom. The summed E-state index contributed by atoms with van der Waals surface area (Å²) in [4.78, 5) is 8.92. The van der Waals surface area contributed by atoms with Gasteiger partial charge in [0.25, 0.3) is 0 Å². The van der Waals surface area contributed by atoms with Crippen molar-refractivity contribution in [2.75, 3.05) is 5.32 Å². The Bertz CT molecular complexity index is 1070. The Morgan fingerprint density at radius 1 is 1.19 bits per heavy atom. The molecule has 0 aliphatic rings. The first-order valence-corrected chi connectivity index (χ1v) is 10.5. The van der Waals surface area contributed by atoms with Crippen LogP contribution in [0.2, 0.25) is 0 Å². The molecule has 0 amide bonds. The lowest BCUT2D eigenvalue weighted by molar-refractivity contribution is 1.06. The Morgan fingerprint density at radius 2 is 2.00 bits per heavy atom. The number of hydrogen-bond donors (Lipinski definition) is 1. The highest BCUT2D eigenvalue weighted by Gasteiger charge is 2.08. The number of rotatable bonds is 5. The van der Waals surface area contributed by atoms with E-state index in [1.165, 1.54) is 0 Å². The van der Waals surface area contributed by atoms with Gasteiger partial charge in [0.05, 0.1) is 5.69 Å². The van der Waals surface area contributed by atoms with Crippen molar-refractivity contribution >= 4 is 49.7 Å². The fraction of sp³-hybridized carbons (Fsp3) is 0.100. The van der Waals surface area contributed by atoms with Crippen LogP contribution in [0.5, 0.6) is 0 Å². The van der Waals surface area contributed by atoms with Gasteiger partial charge in [-0.1, -0.05) is 24.3 Å². The van der Waals surface area contributed by atoms with Gasteiger partial charge < -0.3 is 9.88 Å². The molecule has 0 saturated carbocycles. The zero-order chi connectivity index (χ0) is 18.8. The molecular weight excluding hydrogens is 444 g/mol. The van der Waals surface area contributed by atoms with Crippen LogP contribution in [0.15, 0.2) is 65.0 Å². The fourth-order valence-corrected chi connectivity index (χ4v) is 3.92. The van der Waals surface area contributed by atoms with Crippen LogP contribution in [-0.4, -0.2) is 14.5 Å². The quantitative estimate of drug-likeness (QED) is 0.344. The second-order valence-corrected chi connectivity index (χ2v) is 8.03. The van der Waals surface area contributed by atoms with E-state index in [9.17, 15) is 0 Å². The zero-order valence-corrected chi connectivity index (χ0v) is 17.6. The maximum atomic E-state index is 5.95. The Labute approximate surface area is 175 Å². The molecular formula is C20H16BrClN4S. The number of nitrogens with one attached hydrogen (secondary N) is 1. The van der Waals surface area contributed by atoms with E-state index in [1.54, 1.807) is 17.7 Å². The summed E-state index contributed by atoms with van der Waals surface area (Å²) in [6.45, 7) is 2.07. The van der Waals surface area contributed by atoms with Crippen molar-refractivity contribution in [3.63, 3.8) is 0 Å². The molecule has 0 aliphatic heterocycles. The second kappa shape index (κ2) is 7.84. The molecule has 136 valence electrons. The van der Waals surface area contributed by atoms with Gasteiger partial charge in [0.2, 0.25) is 0 Å². The molecule has 4 aromatic rings. The lowest BCUT2D eigenvalue weighted by Gasteiger charge is -2.08. The van der Waals surface area contributed by atoms with Crippen LogP contribution in [0.25, 0.3) is 16.9 Å². The van der Waals surface area contributed by atoms with E-state index in [1.807, 2.05) is 16.8 Å². The Hall–Kier alpha value is -2.15. The maximum absolute atomic E-state index is 5.95. The average molecular weight is 460 g/mol. The first-order valence-electron chi connectivity index (χ1n) is 8.31. The predicted molar refractivity (Wildman–Crippen MR) is 116 cm³/mol. The Kier molecular flexibility index (Phi) is 5.29. The van der Waals surface area contributed by atoms with Gasteiger partial charge in [0, 0.05) is 34.4 Å². The molecule has 0 unspecified atom stereocenters. The van der Waals surface area contributed by atoms with Crippen molar-refractivity contribution in [1.29, 1.82) is 0 Å². The van der Waals surface area contributed by atoms with Gasteiger partial charge in [-0.15, -0.1) is 22.9 Å². The minimum Gasteiger partial charge on any atom is -0.331 e. The van der Waals surface area contributed by atoms with Gasteiger partial charge in [0.1, 0.15) is 10.9 Å². The molecule has 0 spiro atoms. The summed E-state index contributed by atoms with van der Waals surface area (Å²) in [5.74, 6) is 0.498. The molecule has 0 bridgehead atoms.